The van der Waals surface area contributed by atoms with Crippen molar-refractivity contribution in [2.75, 3.05) is 5.73 Å². The molecule has 0 atom stereocenters. The summed E-state index contributed by atoms with van der Waals surface area (Å²) in [5, 5.41) is 0.874. The van der Waals surface area contributed by atoms with Gasteiger partial charge in [-0.05, 0) is 25.0 Å². The quantitative estimate of drug-likeness (QED) is 0.503. The Morgan fingerprint density at radius 2 is 2.11 bits per heavy atom. The van der Waals surface area contributed by atoms with E-state index in [-0.39, 0.29) is 4.90 Å². The first-order valence-electron chi connectivity index (χ1n) is 6.08. The lowest BCUT2D eigenvalue weighted by Crippen LogP contribution is -2.00. The Balaban J connectivity index is 2.47. The number of hydrogen-bond donors (Lipinski definition) is 2. The summed E-state index contributed by atoms with van der Waals surface area (Å²) in [4.78, 5) is 4.11. The van der Waals surface area contributed by atoms with Crippen molar-refractivity contribution < 1.29 is 13.0 Å². The van der Waals surface area contributed by atoms with E-state index in [9.17, 15) is 13.0 Å². The molecular formula is C12H16N2O3S2. The predicted molar refractivity (Wildman–Crippen MR) is 77.1 cm³/mol. The molecule has 0 radical (unpaired) electrons. The Hall–Kier alpha value is -1.18. The van der Waals surface area contributed by atoms with Gasteiger partial charge in [-0.3, -0.25) is 4.55 Å². The van der Waals surface area contributed by atoms with Gasteiger partial charge in [-0.1, -0.05) is 19.8 Å². The topological polar surface area (TPSA) is 93.3 Å². The molecular weight excluding hydrogens is 284 g/mol. The zero-order valence-electron chi connectivity index (χ0n) is 10.6. The van der Waals surface area contributed by atoms with Gasteiger partial charge in [-0.25, -0.2) is 4.98 Å². The fourth-order valence-electron chi connectivity index (χ4n) is 1.89. The van der Waals surface area contributed by atoms with Gasteiger partial charge in [0.25, 0.3) is 10.1 Å². The molecule has 1 aromatic carbocycles. The first-order valence-corrected chi connectivity index (χ1v) is 8.34. The van der Waals surface area contributed by atoms with Gasteiger partial charge in [0, 0.05) is 5.69 Å². The van der Waals surface area contributed by atoms with Crippen LogP contribution in [0.25, 0.3) is 10.2 Å². The van der Waals surface area contributed by atoms with Crippen molar-refractivity contribution in [3.8, 4) is 0 Å². The summed E-state index contributed by atoms with van der Waals surface area (Å²) in [6.07, 6.45) is 4.07. The van der Waals surface area contributed by atoms with Crippen molar-refractivity contribution in [3.05, 3.63) is 17.1 Å². The summed E-state index contributed by atoms with van der Waals surface area (Å²) in [6, 6.07) is 2.93. The average molecular weight is 300 g/mol. The number of hydrogen-bond acceptors (Lipinski definition) is 5. The molecule has 7 heteroatoms. The fourth-order valence-corrected chi connectivity index (χ4v) is 3.73. The lowest BCUT2D eigenvalue weighted by molar-refractivity contribution is 0.484. The van der Waals surface area contributed by atoms with E-state index in [4.69, 9.17) is 5.73 Å². The summed E-state index contributed by atoms with van der Waals surface area (Å²) in [5.41, 5.74) is 6.28. The maximum atomic E-state index is 11.3. The third kappa shape index (κ3) is 3.23. The van der Waals surface area contributed by atoms with Crippen LogP contribution in [0, 0.1) is 0 Å². The summed E-state index contributed by atoms with van der Waals surface area (Å²) < 4.78 is 32.6. The zero-order valence-corrected chi connectivity index (χ0v) is 12.2. The second-order valence-electron chi connectivity index (χ2n) is 4.41. The lowest BCUT2D eigenvalue weighted by atomic mass is 10.2. The van der Waals surface area contributed by atoms with Crippen LogP contribution in [0.15, 0.2) is 17.0 Å². The van der Waals surface area contributed by atoms with E-state index >= 15 is 0 Å². The van der Waals surface area contributed by atoms with Crippen LogP contribution in [0.3, 0.4) is 0 Å². The highest BCUT2D eigenvalue weighted by Gasteiger charge is 2.18. The molecule has 1 aromatic heterocycles. The van der Waals surface area contributed by atoms with Crippen LogP contribution in [0.2, 0.25) is 0 Å². The number of aromatic nitrogens is 1. The molecule has 3 N–H and O–H groups in total. The molecule has 0 bridgehead atoms. The van der Waals surface area contributed by atoms with Gasteiger partial charge < -0.3 is 5.73 Å². The summed E-state index contributed by atoms with van der Waals surface area (Å²) in [6.45, 7) is 2.12. The number of benzene rings is 1. The van der Waals surface area contributed by atoms with Crippen molar-refractivity contribution in [3.63, 3.8) is 0 Å². The standard InChI is InChI=1S/C12H16N2O3S2/c1-2-3-4-5-11-14-12-9(18-11)6-8(13)7-10(12)19(15,16)17/h6-7H,2-5,13H2,1H3,(H,15,16,17). The highest BCUT2D eigenvalue weighted by atomic mass is 32.2. The highest BCUT2D eigenvalue weighted by molar-refractivity contribution is 7.86. The SMILES string of the molecule is CCCCCc1nc2c(S(=O)(=O)O)cc(N)cc2s1. The van der Waals surface area contributed by atoms with Gasteiger partial charge in [0.05, 0.1) is 9.71 Å². The van der Waals surface area contributed by atoms with E-state index in [0.29, 0.717) is 15.9 Å². The molecule has 0 aliphatic rings. The summed E-state index contributed by atoms with van der Waals surface area (Å²) in [5.74, 6) is 0. The number of anilines is 1. The Labute approximate surface area is 116 Å². The van der Waals surface area contributed by atoms with E-state index in [0.717, 1.165) is 30.7 Å². The van der Waals surface area contributed by atoms with E-state index in [2.05, 4.69) is 11.9 Å². The van der Waals surface area contributed by atoms with Crippen molar-refractivity contribution in [2.45, 2.75) is 37.5 Å². The molecule has 1 heterocycles. The predicted octanol–water partition coefficient (Wildman–Crippen LogP) is 2.86. The fraction of sp³-hybridized carbons (Fsp3) is 0.417. The van der Waals surface area contributed by atoms with Crippen molar-refractivity contribution in [1.82, 2.24) is 4.98 Å². The average Bonchev–Trinajstić information content (AvgIpc) is 2.69. The van der Waals surface area contributed by atoms with Crippen LogP contribution in [0.4, 0.5) is 5.69 Å². The number of unbranched alkanes of at least 4 members (excludes halogenated alkanes) is 2. The number of nitrogens with two attached hydrogens (primary N) is 1. The van der Waals surface area contributed by atoms with Crippen LogP contribution in [0.1, 0.15) is 31.2 Å². The molecule has 0 unspecified atom stereocenters. The van der Waals surface area contributed by atoms with Crippen molar-refractivity contribution in [2.24, 2.45) is 0 Å². The molecule has 0 saturated heterocycles. The normalized spacial score (nSPS) is 12.1. The monoisotopic (exact) mass is 300 g/mol. The molecule has 0 fully saturated rings. The first kappa shape index (κ1) is 14.2. The maximum Gasteiger partial charge on any atom is 0.296 e. The van der Waals surface area contributed by atoms with Crippen molar-refractivity contribution >= 4 is 37.4 Å². The number of thiazole rings is 1. The van der Waals surface area contributed by atoms with E-state index in [1.54, 1.807) is 6.07 Å². The maximum absolute atomic E-state index is 11.3. The Morgan fingerprint density at radius 1 is 1.37 bits per heavy atom. The molecule has 2 rings (SSSR count). The minimum Gasteiger partial charge on any atom is -0.399 e. The molecule has 0 aliphatic carbocycles. The number of nitrogens with zero attached hydrogens (tertiary/aromatic N) is 1. The van der Waals surface area contributed by atoms with Gasteiger partial charge in [0.2, 0.25) is 0 Å². The van der Waals surface area contributed by atoms with Crippen LogP contribution in [0.5, 0.6) is 0 Å². The van der Waals surface area contributed by atoms with Gasteiger partial charge in [0.15, 0.2) is 0 Å². The highest BCUT2D eigenvalue weighted by Crippen LogP contribution is 2.31. The number of fused-ring (bicyclic) bond motifs is 1. The Bertz CT molecular complexity index is 692. The number of aryl methyl sites for hydroxylation is 1. The second-order valence-corrected chi connectivity index (χ2v) is 6.91. The second kappa shape index (κ2) is 5.44. The number of rotatable bonds is 5. The molecule has 0 saturated carbocycles. The molecule has 19 heavy (non-hydrogen) atoms. The van der Waals surface area contributed by atoms with Gasteiger partial charge in [-0.15, -0.1) is 11.3 Å². The van der Waals surface area contributed by atoms with Crippen LogP contribution >= 0.6 is 11.3 Å². The molecule has 5 nitrogen and oxygen atoms in total. The number of nitrogen functional groups attached to an aromatic ring is 1. The van der Waals surface area contributed by atoms with Crippen LogP contribution in [-0.2, 0) is 16.5 Å². The third-order valence-corrected chi connectivity index (χ3v) is 4.73. The first-order chi connectivity index (χ1) is 8.91. The molecule has 0 aliphatic heterocycles. The van der Waals surface area contributed by atoms with Gasteiger partial charge >= 0.3 is 0 Å². The molecule has 0 amide bonds. The third-order valence-electron chi connectivity index (χ3n) is 2.80. The smallest absolute Gasteiger partial charge is 0.296 e. The Morgan fingerprint density at radius 3 is 2.74 bits per heavy atom. The molecule has 104 valence electrons. The Kier molecular flexibility index (Phi) is 4.07. The minimum atomic E-state index is -4.30. The van der Waals surface area contributed by atoms with E-state index in [1.165, 1.54) is 17.4 Å². The molecule has 2 aromatic rings. The minimum absolute atomic E-state index is 0.208. The van der Waals surface area contributed by atoms with Crippen LogP contribution in [-0.4, -0.2) is 18.0 Å². The van der Waals surface area contributed by atoms with Gasteiger partial charge in [-0.2, -0.15) is 8.42 Å². The van der Waals surface area contributed by atoms with Crippen LogP contribution < -0.4 is 5.73 Å². The zero-order chi connectivity index (χ0) is 14.0. The summed E-state index contributed by atoms with van der Waals surface area (Å²) >= 11 is 1.43. The lowest BCUT2D eigenvalue weighted by Gasteiger charge is -1.99. The van der Waals surface area contributed by atoms with E-state index < -0.39 is 10.1 Å². The van der Waals surface area contributed by atoms with E-state index in [1.807, 2.05) is 0 Å². The summed E-state index contributed by atoms with van der Waals surface area (Å²) in [7, 11) is -4.30. The molecule has 0 spiro atoms. The largest absolute Gasteiger partial charge is 0.399 e. The van der Waals surface area contributed by atoms with Crippen molar-refractivity contribution in [1.29, 1.82) is 0 Å². The van der Waals surface area contributed by atoms with Gasteiger partial charge in [0.1, 0.15) is 10.4 Å².